The van der Waals surface area contributed by atoms with Crippen LogP contribution in [0, 0.1) is 23.7 Å². The summed E-state index contributed by atoms with van der Waals surface area (Å²) in [5.74, 6) is 11.1. The van der Waals surface area contributed by atoms with Gasteiger partial charge >= 0.3 is 0 Å². The normalized spacial score (nSPS) is 11.8. The largest absolute Gasteiger partial charge is 0.255 e. The van der Waals surface area contributed by atoms with Crippen LogP contribution in [0.4, 0.5) is 0 Å². The molecule has 0 saturated carbocycles. The molecule has 0 saturated heterocycles. The Morgan fingerprint density at radius 2 is 1.94 bits per heavy atom. The second kappa shape index (κ2) is 6.67. The molecule has 1 aromatic carbocycles. The maximum Gasteiger partial charge on any atom is 0.0460 e. The van der Waals surface area contributed by atoms with Gasteiger partial charge in [0.05, 0.1) is 0 Å². The molecule has 1 aromatic rings. The zero-order valence-electron chi connectivity index (χ0n) is 9.28. The van der Waals surface area contributed by atoms with Crippen molar-refractivity contribution in [3.05, 3.63) is 46.9 Å². The molecule has 0 spiro atoms. The van der Waals surface area contributed by atoms with Gasteiger partial charge in [-0.3, -0.25) is 4.21 Å². The van der Waals surface area contributed by atoms with Gasteiger partial charge in [-0.15, -0.1) is 0 Å². The maximum absolute atomic E-state index is 11.0. The van der Waals surface area contributed by atoms with E-state index in [0.717, 1.165) is 10.5 Å². The van der Waals surface area contributed by atoms with Crippen molar-refractivity contribution in [1.82, 2.24) is 0 Å². The molecule has 0 heterocycles. The van der Waals surface area contributed by atoms with Gasteiger partial charge < -0.3 is 0 Å². The molecule has 0 fully saturated rings. The Balaban J connectivity index is 2.66. The van der Waals surface area contributed by atoms with Crippen molar-refractivity contribution >= 4 is 10.8 Å². The van der Waals surface area contributed by atoms with E-state index >= 15 is 0 Å². The minimum atomic E-state index is -0.941. The average Bonchev–Trinajstić information content (AvgIpc) is 2.29. The maximum atomic E-state index is 11.0. The van der Waals surface area contributed by atoms with Crippen LogP contribution in [0.3, 0.4) is 0 Å². The highest BCUT2D eigenvalue weighted by atomic mass is 32.2. The van der Waals surface area contributed by atoms with E-state index in [1.54, 1.807) is 19.3 Å². The highest BCUT2D eigenvalue weighted by molar-refractivity contribution is 7.88. The quantitative estimate of drug-likeness (QED) is 0.674. The average molecular weight is 228 g/mol. The van der Waals surface area contributed by atoms with Crippen LogP contribution in [-0.4, -0.2) is 10.5 Å². The third-order valence-electron chi connectivity index (χ3n) is 1.84. The molecular weight excluding hydrogens is 216 g/mol. The van der Waals surface area contributed by atoms with Crippen LogP contribution in [0.5, 0.6) is 0 Å². The third-order valence-corrected chi connectivity index (χ3v) is 2.87. The Hall–Kier alpha value is -1.77. The zero-order chi connectivity index (χ0) is 11.8. The molecule has 0 amide bonds. The molecule has 80 valence electrons. The van der Waals surface area contributed by atoms with Crippen LogP contribution in [0.15, 0.2) is 41.3 Å². The van der Waals surface area contributed by atoms with E-state index in [4.69, 9.17) is 0 Å². The number of hydrogen-bond acceptors (Lipinski definition) is 1. The van der Waals surface area contributed by atoms with E-state index in [1.807, 2.05) is 30.3 Å². The summed E-state index contributed by atoms with van der Waals surface area (Å²) in [6.07, 6.45) is 3.26. The SMILES string of the molecule is CC(=CC#CC#Cc1ccccc1)S(C)=O. The molecule has 0 aliphatic carbocycles. The lowest BCUT2D eigenvalue weighted by Crippen LogP contribution is -1.84. The van der Waals surface area contributed by atoms with Crippen molar-refractivity contribution in [3.8, 4) is 23.7 Å². The molecule has 1 unspecified atom stereocenters. The van der Waals surface area contributed by atoms with E-state index in [9.17, 15) is 4.21 Å². The van der Waals surface area contributed by atoms with Crippen LogP contribution >= 0.6 is 0 Å². The third kappa shape index (κ3) is 4.64. The lowest BCUT2D eigenvalue weighted by atomic mass is 10.2. The summed E-state index contributed by atoms with van der Waals surface area (Å²) in [7, 11) is -0.941. The van der Waals surface area contributed by atoms with Gasteiger partial charge in [0.2, 0.25) is 0 Å². The summed E-state index contributed by atoms with van der Waals surface area (Å²) in [5, 5.41) is 0. The van der Waals surface area contributed by atoms with E-state index < -0.39 is 10.8 Å². The van der Waals surface area contributed by atoms with Gasteiger partial charge in [0.25, 0.3) is 0 Å². The molecular formula is C14H12OS. The van der Waals surface area contributed by atoms with Crippen LogP contribution < -0.4 is 0 Å². The molecule has 0 radical (unpaired) electrons. The molecule has 0 aliphatic rings. The standard InChI is InChI=1S/C14H12OS/c1-13(16(2)15)9-5-3-6-10-14-11-7-4-8-12-14/h4,7-9,11-12H,1-2H3. The lowest BCUT2D eigenvalue weighted by Gasteiger charge is -1.87. The van der Waals surface area contributed by atoms with Crippen LogP contribution in [0.1, 0.15) is 12.5 Å². The highest BCUT2D eigenvalue weighted by Crippen LogP contribution is 1.95. The first-order chi connectivity index (χ1) is 7.70. The highest BCUT2D eigenvalue weighted by Gasteiger charge is 1.88. The molecule has 0 N–H and O–H groups in total. The summed E-state index contributed by atoms with van der Waals surface area (Å²) >= 11 is 0. The molecule has 1 nitrogen and oxygen atoms in total. The summed E-state index contributed by atoms with van der Waals surface area (Å²) in [5.41, 5.74) is 0.941. The molecule has 16 heavy (non-hydrogen) atoms. The van der Waals surface area contributed by atoms with Crippen molar-refractivity contribution in [2.24, 2.45) is 0 Å². The van der Waals surface area contributed by atoms with E-state index in [-0.39, 0.29) is 0 Å². The molecule has 1 rings (SSSR count). The number of benzene rings is 1. The predicted octanol–water partition coefficient (Wildman–Crippen LogP) is 2.32. The fraction of sp³-hybridized carbons (Fsp3) is 0.143. The van der Waals surface area contributed by atoms with Crippen molar-refractivity contribution in [3.63, 3.8) is 0 Å². The molecule has 0 aliphatic heterocycles. The van der Waals surface area contributed by atoms with Crippen molar-refractivity contribution in [2.45, 2.75) is 6.92 Å². The first-order valence-electron chi connectivity index (χ1n) is 4.77. The summed E-state index contributed by atoms with van der Waals surface area (Å²) < 4.78 is 11.0. The predicted molar refractivity (Wildman–Crippen MR) is 68.9 cm³/mol. The summed E-state index contributed by atoms with van der Waals surface area (Å²) in [6.45, 7) is 1.79. The van der Waals surface area contributed by atoms with Crippen molar-refractivity contribution < 1.29 is 4.21 Å². The topological polar surface area (TPSA) is 17.1 Å². The van der Waals surface area contributed by atoms with Crippen LogP contribution in [-0.2, 0) is 10.8 Å². The van der Waals surface area contributed by atoms with Gasteiger partial charge in [-0.1, -0.05) is 30.0 Å². The van der Waals surface area contributed by atoms with E-state index in [0.29, 0.717) is 0 Å². The zero-order valence-corrected chi connectivity index (χ0v) is 10.1. The van der Waals surface area contributed by atoms with Gasteiger partial charge in [0.1, 0.15) is 0 Å². The van der Waals surface area contributed by atoms with Crippen LogP contribution in [0.25, 0.3) is 0 Å². The van der Waals surface area contributed by atoms with Crippen molar-refractivity contribution in [2.75, 3.05) is 6.26 Å². The minimum absolute atomic E-state index is 0.758. The van der Waals surface area contributed by atoms with Gasteiger partial charge in [0, 0.05) is 33.6 Å². The monoisotopic (exact) mass is 228 g/mol. The molecule has 0 aromatic heterocycles. The Morgan fingerprint density at radius 3 is 2.56 bits per heavy atom. The molecule has 2 heteroatoms. The first kappa shape index (κ1) is 12.3. The van der Waals surface area contributed by atoms with Gasteiger partial charge in [0.15, 0.2) is 0 Å². The lowest BCUT2D eigenvalue weighted by molar-refractivity contribution is 0.690. The summed E-state index contributed by atoms with van der Waals surface area (Å²) in [6, 6.07) is 9.66. The number of hydrogen-bond donors (Lipinski definition) is 0. The Bertz CT molecular complexity index is 519. The number of rotatable bonds is 1. The van der Waals surface area contributed by atoms with Crippen LogP contribution in [0.2, 0.25) is 0 Å². The second-order valence-electron chi connectivity index (χ2n) is 3.09. The fourth-order valence-electron chi connectivity index (χ4n) is 0.882. The Labute approximate surface area is 99.0 Å². The smallest absolute Gasteiger partial charge is 0.0460 e. The van der Waals surface area contributed by atoms with Gasteiger partial charge in [-0.25, -0.2) is 0 Å². The fourth-order valence-corrected chi connectivity index (χ4v) is 1.11. The van der Waals surface area contributed by atoms with Crippen molar-refractivity contribution in [1.29, 1.82) is 0 Å². The first-order valence-corrected chi connectivity index (χ1v) is 6.33. The van der Waals surface area contributed by atoms with E-state index in [1.165, 1.54) is 0 Å². The second-order valence-corrected chi connectivity index (χ2v) is 4.65. The van der Waals surface area contributed by atoms with E-state index in [2.05, 4.69) is 23.7 Å². The number of allylic oxidation sites excluding steroid dienone is 2. The minimum Gasteiger partial charge on any atom is -0.255 e. The Morgan fingerprint density at radius 1 is 1.25 bits per heavy atom. The molecule has 1 atom stereocenters. The van der Waals surface area contributed by atoms with Gasteiger partial charge in [-0.05, 0) is 30.9 Å². The summed E-state index contributed by atoms with van der Waals surface area (Å²) in [4.78, 5) is 0.758. The Kier molecular flexibility index (Phi) is 5.12. The van der Waals surface area contributed by atoms with Gasteiger partial charge in [-0.2, -0.15) is 0 Å². The molecule has 0 bridgehead atoms.